The molecule has 1 heterocycles. The Bertz CT molecular complexity index is 648. The normalized spacial score (nSPS) is 10.6. The van der Waals surface area contributed by atoms with E-state index in [1.807, 2.05) is 0 Å². The van der Waals surface area contributed by atoms with Crippen molar-refractivity contribution in [2.75, 3.05) is 0 Å². The molecule has 0 amide bonds. The number of nitro benzene ring substituents is 1. The topological polar surface area (TPSA) is 65.1 Å². The summed E-state index contributed by atoms with van der Waals surface area (Å²) in [4.78, 5) is 21.6. The maximum absolute atomic E-state index is 11.5. The number of hydrogen-bond acceptors (Lipinski definition) is 3. The molecule has 0 saturated heterocycles. The SMILES string of the molecule is Cn1ccc(=O)c2cc([N+](=O)[O-])c(Cl)cc21. The first-order valence-corrected chi connectivity index (χ1v) is 4.82. The molecule has 0 bridgehead atoms. The van der Waals surface area contributed by atoms with E-state index in [1.54, 1.807) is 17.8 Å². The number of halogens is 1. The van der Waals surface area contributed by atoms with Gasteiger partial charge < -0.3 is 4.57 Å². The molecule has 1 aromatic carbocycles. The van der Waals surface area contributed by atoms with Crippen molar-refractivity contribution < 1.29 is 4.92 Å². The molecule has 0 spiro atoms. The highest BCUT2D eigenvalue weighted by molar-refractivity contribution is 6.33. The molecular formula is C10H7ClN2O3. The van der Waals surface area contributed by atoms with Gasteiger partial charge in [0.05, 0.1) is 15.8 Å². The van der Waals surface area contributed by atoms with Crippen LogP contribution in [0, 0.1) is 10.1 Å². The van der Waals surface area contributed by atoms with Crippen molar-refractivity contribution in [3.05, 3.63) is 49.8 Å². The lowest BCUT2D eigenvalue weighted by Gasteiger charge is -2.04. The monoisotopic (exact) mass is 238 g/mol. The Hall–Kier alpha value is -1.88. The summed E-state index contributed by atoms with van der Waals surface area (Å²) in [5, 5.41) is 11.0. The molecule has 0 radical (unpaired) electrons. The van der Waals surface area contributed by atoms with E-state index in [9.17, 15) is 14.9 Å². The Morgan fingerprint density at radius 3 is 2.75 bits per heavy atom. The van der Waals surface area contributed by atoms with Crippen LogP contribution in [0.1, 0.15) is 0 Å². The van der Waals surface area contributed by atoms with E-state index >= 15 is 0 Å². The molecule has 2 aromatic rings. The van der Waals surface area contributed by atoms with Gasteiger partial charge in [-0.15, -0.1) is 0 Å². The van der Waals surface area contributed by atoms with Crippen LogP contribution in [0.5, 0.6) is 0 Å². The summed E-state index contributed by atoms with van der Waals surface area (Å²) in [7, 11) is 1.74. The third-order valence-corrected chi connectivity index (χ3v) is 2.66. The first kappa shape index (κ1) is 10.6. The summed E-state index contributed by atoms with van der Waals surface area (Å²) in [6, 6.07) is 4.00. The number of benzene rings is 1. The molecule has 0 aliphatic carbocycles. The number of aryl methyl sites for hydroxylation is 1. The molecule has 2 rings (SSSR count). The summed E-state index contributed by atoms with van der Waals surface area (Å²) in [5.41, 5.74) is 0.0634. The van der Waals surface area contributed by atoms with Crippen molar-refractivity contribution in [3.8, 4) is 0 Å². The molecule has 82 valence electrons. The van der Waals surface area contributed by atoms with Crippen molar-refractivity contribution in [2.45, 2.75) is 0 Å². The fraction of sp³-hybridized carbons (Fsp3) is 0.100. The van der Waals surface area contributed by atoms with Crippen molar-refractivity contribution in [3.63, 3.8) is 0 Å². The molecule has 0 aliphatic heterocycles. The van der Waals surface area contributed by atoms with E-state index in [0.29, 0.717) is 10.9 Å². The van der Waals surface area contributed by atoms with Crippen LogP contribution in [0.4, 0.5) is 5.69 Å². The van der Waals surface area contributed by atoms with Crippen molar-refractivity contribution in [1.82, 2.24) is 4.57 Å². The second kappa shape index (κ2) is 3.61. The Balaban J connectivity index is 2.95. The van der Waals surface area contributed by atoms with Gasteiger partial charge in [-0.05, 0) is 6.07 Å². The van der Waals surface area contributed by atoms with Gasteiger partial charge >= 0.3 is 0 Å². The second-order valence-corrected chi connectivity index (χ2v) is 3.78. The summed E-state index contributed by atoms with van der Waals surface area (Å²) in [6.45, 7) is 0. The zero-order valence-corrected chi connectivity index (χ0v) is 9.06. The van der Waals surface area contributed by atoms with Crippen LogP contribution >= 0.6 is 11.6 Å². The second-order valence-electron chi connectivity index (χ2n) is 3.37. The number of pyridine rings is 1. The highest BCUT2D eigenvalue weighted by atomic mass is 35.5. The van der Waals surface area contributed by atoms with E-state index in [0.717, 1.165) is 0 Å². The molecule has 16 heavy (non-hydrogen) atoms. The third-order valence-electron chi connectivity index (χ3n) is 2.36. The molecule has 0 aliphatic rings. The molecular weight excluding hydrogens is 232 g/mol. The lowest BCUT2D eigenvalue weighted by atomic mass is 10.2. The number of aromatic nitrogens is 1. The van der Waals surface area contributed by atoms with Crippen LogP contribution in [0.25, 0.3) is 10.9 Å². The number of nitrogens with zero attached hydrogens (tertiary/aromatic N) is 2. The average Bonchev–Trinajstić information content (AvgIpc) is 2.23. The van der Waals surface area contributed by atoms with Gasteiger partial charge in [-0.2, -0.15) is 0 Å². The number of fused-ring (bicyclic) bond motifs is 1. The summed E-state index contributed by atoms with van der Waals surface area (Å²) >= 11 is 5.77. The van der Waals surface area contributed by atoms with E-state index in [-0.39, 0.29) is 16.1 Å². The van der Waals surface area contributed by atoms with Crippen molar-refractivity contribution >= 4 is 28.2 Å². The first-order valence-electron chi connectivity index (χ1n) is 4.44. The molecule has 0 N–H and O–H groups in total. The molecule has 0 saturated carbocycles. The zero-order valence-electron chi connectivity index (χ0n) is 8.31. The van der Waals surface area contributed by atoms with Gasteiger partial charge in [0, 0.05) is 25.4 Å². The summed E-state index contributed by atoms with van der Waals surface area (Å²) < 4.78 is 1.69. The van der Waals surface area contributed by atoms with Crippen LogP contribution in [-0.4, -0.2) is 9.49 Å². The van der Waals surface area contributed by atoms with Gasteiger partial charge in [0.2, 0.25) is 0 Å². The van der Waals surface area contributed by atoms with Gasteiger partial charge in [-0.25, -0.2) is 0 Å². The average molecular weight is 239 g/mol. The maximum Gasteiger partial charge on any atom is 0.288 e. The summed E-state index contributed by atoms with van der Waals surface area (Å²) in [5.74, 6) is 0. The smallest absolute Gasteiger partial charge is 0.288 e. The first-order chi connectivity index (χ1) is 7.50. The zero-order chi connectivity index (χ0) is 11.9. The van der Waals surface area contributed by atoms with Gasteiger partial charge in [0.1, 0.15) is 5.02 Å². The lowest BCUT2D eigenvalue weighted by Crippen LogP contribution is -2.05. The Kier molecular flexibility index (Phi) is 2.40. The van der Waals surface area contributed by atoms with Gasteiger partial charge in [0.25, 0.3) is 5.69 Å². The Morgan fingerprint density at radius 2 is 2.12 bits per heavy atom. The number of hydrogen-bond donors (Lipinski definition) is 0. The fourth-order valence-corrected chi connectivity index (χ4v) is 1.76. The maximum atomic E-state index is 11.5. The molecule has 0 atom stereocenters. The van der Waals surface area contributed by atoms with Crippen LogP contribution in [0.3, 0.4) is 0 Å². The largest absolute Gasteiger partial charge is 0.350 e. The Labute approximate surface area is 95.0 Å². The molecule has 5 nitrogen and oxygen atoms in total. The Morgan fingerprint density at radius 1 is 1.44 bits per heavy atom. The molecule has 6 heteroatoms. The minimum absolute atomic E-state index is 0.0266. The number of rotatable bonds is 1. The molecule has 1 aromatic heterocycles. The van der Waals surface area contributed by atoms with E-state index in [1.165, 1.54) is 18.2 Å². The molecule has 0 unspecified atom stereocenters. The van der Waals surface area contributed by atoms with Crippen molar-refractivity contribution in [2.24, 2.45) is 7.05 Å². The highest BCUT2D eigenvalue weighted by Crippen LogP contribution is 2.27. The quantitative estimate of drug-likeness (QED) is 0.564. The van der Waals surface area contributed by atoms with E-state index in [2.05, 4.69) is 0 Å². The van der Waals surface area contributed by atoms with Crippen LogP contribution < -0.4 is 5.43 Å². The lowest BCUT2D eigenvalue weighted by molar-refractivity contribution is -0.384. The van der Waals surface area contributed by atoms with E-state index < -0.39 is 4.92 Å². The fourth-order valence-electron chi connectivity index (χ4n) is 1.53. The molecule has 0 fully saturated rings. The summed E-state index contributed by atoms with van der Waals surface area (Å²) in [6.07, 6.45) is 1.59. The van der Waals surface area contributed by atoms with E-state index in [4.69, 9.17) is 11.6 Å². The van der Waals surface area contributed by atoms with Crippen molar-refractivity contribution in [1.29, 1.82) is 0 Å². The van der Waals surface area contributed by atoms with Crippen LogP contribution in [-0.2, 0) is 7.05 Å². The third kappa shape index (κ3) is 1.55. The van der Waals surface area contributed by atoms with Crippen LogP contribution in [0.2, 0.25) is 5.02 Å². The van der Waals surface area contributed by atoms with Gasteiger partial charge in [-0.1, -0.05) is 11.6 Å². The minimum atomic E-state index is -0.603. The minimum Gasteiger partial charge on any atom is -0.350 e. The van der Waals surface area contributed by atoms with Crippen LogP contribution in [0.15, 0.2) is 29.2 Å². The number of nitro groups is 1. The predicted molar refractivity (Wildman–Crippen MR) is 60.9 cm³/mol. The van der Waals surface area contributed by atoms with Gasteiger partial charge in [0.15, 0.2) is 5.43 Å². The standard InChI is InChI=1S/C10H7ClN2O3/c1-12-3-2-10(14)6-4-9(13(15)16)7(11)5-8(6)12/h2-5H,1H3. The van der Waals surface area contributed by atoms with Gasteiger partial charge in [-0.3, -0.25) is 14.9 Å². The predicted octanol–water partition coefficient (Wildman–Crippen LogP) is 2.10. The highest BCUT2D eigenvalue weighted by Gasteiger charge is 2.15.